The van der Waals surface area contributed by atoms with E-state index in [1.807, 2.05) is 40.8 Å². The van der Waals surface area contributed by atoms with E-state index in [1.54, 1.807) is 7.05 Å². The van der Waals surface area contributed by atoms with Crippen molar-refractivity contribution in [3.05, 3.63) is 35.2 Å². The van der Waals surface area contributed by atoms with Gasteiger partial charge >= 0.3 is 0 Å². The zero-order valence-electron chi connectivity index (χ0n) is 14.5. The van der Waals surface area contributed by atoms with Crippen LogP contribution in [0.2, 0.25) is 5.02 Å². The highest BCUT2D eigenvalue weighted by Gasteiger charge is 2.25. The molecule has 1 amide bonds. The smallest absolute Gasteiger partial charge is 0.222 e. The van der Waals surface area contributed by atoms with E-state index in [-0.39, 0.29) is 11.9 Å². The van der Waals surface area contributed by atoms with Gasteiger partial charge in [-0.3, -0.25) is 9.79 Å². The number of imidazole rings is 1. The average Bonchev–Trinajstić information content (AvgIpc) is 3.23. The van der Waals surface area contributed by atoms with Crippen LogP contribution in [0.5, 0.6) is 0 Å². The van der Waals surface area contributed by atoms with Crippen molar-refractivity contribution in [2.24, 2.45) is 4.99 Å². The molecule has 1 aliphatic heterocycles. The molecule has 0 saturated carbocycles. The van der Waals surface area contributed by atoms with E-state index in [1.165, 1.54) is 0 Å². The Bertz CT molecular complexity index is 787. The number of aliphatic imine (C=N–C) groups is 1. The van der Waals surface area contributed by atoms with Crippen LogP contribution in [0.15, 0.2) is 29.5 Å². The quantitative estimate of drug-likeness (QED) is 0.641. The van der Waals surface area contributed by atoms with Crippen LogP contribution in [-0.4, -0.2) is 52.3 Å². The molecular formula is C17H23ClN6O. The van der Waals surface area contributed by atoms with Gasteiger partial charge in [0.15, 0.2) is 5.96 Å². The van der Waals surface area contributed by atoms with Gasteiger partial charge in [0.05, 0.1) is 17.3 Å². The van der Waals surface area contributed by atoms with Crippen LogP contribution in [0.25, 0.3) is 5.65 Å². The fraction of sp³-hybridized carbons (Fsp3) is 0.471. The van der Waals surface area contributed by atoms with Crippen molar-refractivity contribution in [1.29, 1.82) is 0 Å². The summed E-state index contributed by atoms with van der Waals surface area (Å²) >= 11 is 6.00. The van der Waals surface area contributed by atoms with Crippen LogP contribution in [0.1, 0.15) is 25.5 Å². The molecule has 2 aromatic rings. The third-order valence-electron chi connectivity index (χ3n) is 4.31. The van der Waals surface area contributed by atoms with Crippen LogP contribution in [-0.2, 0) is 11.3 Å². The van der Waals surface area contributed by atoms with Crippen molar-refractivity contribution in [2.75, 3.05) is 20.1 Å². The fourth-order valence-corrected chi connectivity index (χ4v) is 3.16. The molecule has 1 atom stereocenters. The van der Waals surface area contributed by atoms with E-state index in [0.717, 1.165) is 30.9 Å². The number of pyridine rings is 1. The maximum absolute atomic E-state index is 11.8. The van der Waals surface area contributed by atoms with Gasteiger partial charge in [0.25, 0.3) is 0 Å². The summed E-state index contributed by atoms with van der Waals surface area (Å²) in [5, 5.41) is 7.33. The molecule has 8 heteroatoms. The lowest BCUT2D eigenvalue weighted by Gasteiger charge is -2.18. The second-order valence-electron chi connectivity index (χ2n) is 6.09. The highest BCUT2D eigenvalue weighted by Crippen LogP contribution is 2.12. The Hall–Kier alpha value is -2.28. The minimum Gasteiger partial charge on any atom is -0.352 e. The molecule has 0 aromatic carbocycles. The molecule has 25 heavy (non-hydrogen) atoms. The first-order chi connectivity index (χ1) is 12.1. The number of halogens is 1. The van der Waals surface area contributed by atoms with Crippen molar-refractivity contribution >= 4 is 29.1 Å². The van der Waals surface area contributed by atoms with Crippen molar-refractivity contribution in [1.82, 2.24) is 24.9 Å². The zero-order valence-corrected chi connectivity index (χ0v) is 15.3. The summed E-state index contributed by atoms with van der Waals surface area (Å²) < 4.78 is 1.90. The van der Waals surface area contributed by atoms with E-state index >= 15 is 0 Å². The number of hydrogen-bond donors (Lipinski definition) is 2. The molecule has 1 fully saturated rings. The summed E-state index contributed by atoms with van der Waals surface area (Å²) in [5.74, 6) is 0.918. The van der Waals surface area contributed by atoms with E-state index in [9.17, 15) is 4.79 Å². The lowest BCUT2D eigenvalue weighted by molar-refractivity contribution is -0.129. The number of rotatable bonds is 4. The van der Waals surface area contributed by atoms with Crippen LogP contribution >= 0.6 is 11.6 Å². The largest absolute Gasteiger partial charge is 0.352 e. The minimum atomic E-state index is 0.204. The Morgan fingerprint density at radius 2 is 2.28 bits per heavy atom. The molecule has 7 nitrogen and oxygen atoms in total. The summed E-state index contributed by atoms with van der Waals surface area (Å²) in [4.78, 5) is 22.5. The predicted molar refractivity (Wildman–Crippen MR) is 98.8 cm³/mol. The molecule has 2 aromatic heterocycles. The molecule has 1 saturated heterocycles. The summed E-state index contributed by atoms with van der Waals surface area (Å²) in [6.07, 6.45) is 5.26. The molecule has 0 aliphatic carbocycles. The Morgan fingerprint density at radius 1 is 1.44 bits per heavy atom. The molecule has 2 N–H and O–H groups in total. The molecule has 0 spiro atoms. The number of carbonyl (C=O) groups excluding carboxylic acids is 1. The van der Waals surface area contributed by atoms with Gasteiger partial charge in [0.1, 0.15) is 5.65 Å². The molecule has 1 aliphatic rings. The minimum absolute atomic E-state index is 0.204. The van der Waals surface area contributed by atoms with E-state index < -0.39 is 0 Å². The first kappa shape index (κ1) is 17.5. The van der Waals surface area contributed by atoms with E-state index in [4.69, 9.17) is 11.6 Å². The maximum atomic E-state index is 11.8. The first-order valence-electron chi connectivity index (χ1n) is 8.47. The third kappa shape index (κ3) is 4.22. The predicted octanol–water partition coefficient (Wildman–Crippen LogP) is 1.66. The number of nitrogens with zero attached hydrogens (tertiary/aromatic N) is 4. The van der Waals surface area contributed by atoms with Crippen molar-refractivity contribution in [3.63, 3.8) is 0 Å². The van der Waals surface area contributed by atoms with Gasteiger partial charge in [-0.25, -0.2) is 4.98 Å². The van der Waals surface area contributed by atoms with Gasteiger partial charge in [-0.15, -0.1) is 0 Å². The average molecular weight is 363 g/mol. The summed E-state index contributed by atoms with van der Waals surface area (Å²) in [6, 6.07) is 3.93. The van der Waals surface area contributed by atoms with Crippen LogP contribution in [0.3, 0.4) is 0 Å². The monoisotopic (exact) mass is 362 g/mol. The standard InChI is InChI=1S/C17H23ClN6O/c1-3-16(25)23-7-6-13(10-23)22-17(19-2)20-8-14-11-24-9-12(18)4-5-15(24)21-14/h4-5,9,11,13H,3,6-8,10H2,1-2H3,(H2,19,20,22). The van der Waals surface area contributed by atoms with Crippen molar-refractivity contribution < 1.29 is 4.79 Å². The summed E-state index contributed by atoms with van der Waals surface area (Å²) in [5.41, 5.74) is 1.76. The maximum Gasteiger partial charge on any atom is 0.222 e. The first-order valence-corrected chi connectivity index (χ1v) is 8.85. The van der Waals surface area contributed by atoms with Gasteiger partial charge in [0, 0.05) is 45.0 Å². The van der Waals surface area contributed by atoms with Crippen LogP contribution < -0.4 is 10.6 Å². The van der Waals surface area contributed by atoms with E-state index in [0.29, 0.717) is 23.9 Å². The van der Waals surface area contributed by atoms with Gasteiger partial charge in [-0.05, 0) is 18.6 Å². The molecule has 0 radical (unpaired) electrons. The summed E-state index contributed by atoms with van der Waals surface area (Å²) in [6.45, 7) is 3.98. The second kappa shape index (κ2) is 7.74. The highest BCUT2D eigenvalue weighted by atomic mass is 35.5. The molecular weight excluding hydrogens is 340 g/mol. The molecule has 3 heterocycles. The van der Waals surface area contributed by atoms with Gasteiger partial charge in [-0.1, -0.05) is 18.5 Å². The highest BCUT2D eigenvalue weighted by molar-refractivity contribution is 6.30. The van der Waals surface area contributed by atoms with Crippen molar-refractivity contribution in [3.8, 4) is 0 Å². The Labute approximate surface area is 152 Å². The van der Waals surface area contributed by atoms with E-state index in [2.05, 4.69) is 20.6 Å². The number of nitrogens with one attached hydrogen (secondary N) is 2. The number of hydrogen-bond acceptors (Lipinski definition) is 3. The number of fused-ring (bicyclic) bond motifs is 1. The number of guanidine groups is 1. The SMILES string of the molecule is CCC(=O)N1CCC(NC(=NC)NCc2cn3cc(Cl)ccc3n2)C1. The lowest BCUT2D eigenvalue weighted by Crippen LogP contribution is -2.44. The van der Waals surface area contributed by atoms with Gasteiger partial charge in [0.2, 0.25) is 5.91 Å². The topological polar surface area (TPSA) is 74.0 Å². The molecule has 1 unspecified atom stereocenters. The number of likely N-dealkylation sites (tertiary alicyclic amines) is 1. The second-order valence-corrected chi connectivity index (χ2v) is 6.53. The van der Waals surface area contributed by atoms with Gasteiger partial charge < -0.3 is 19.9 Å². The Morgan fingerprint density at radius 3 is 3.04 bits per heavy atom. The Balaban J connectivity index is 1.55. The normalized spacial score (nSPS) is 18.0. The third-order valence-corrected chi connectivity index (χ3v) is 4.53. The lowest BCUT2D eigenvalue weighted by atomic mass is 10.3. The van der Waals surface area contributed by atoms with Crippen LogP contribution in [0, 0.1) is 0 Å². The molecule has 3 rings (SSSR count). The molecule has 0 bridgehead atoms. The van der Waals surface area contributed by atoms with Crippen LogP contribution in [0.4, 0.5) is 0 Å². The van der Waals surface area contributed by atoms with Gasteiger partial charge in [-0.2, -0.15) is 0 Å². The fourth-order valence-electron chi connectivity index (χ4n) is 2.99. The number of aromatic nitrogens is 2. The number of carbonyl (C=O) groups is 1. The van der Waals surface area contributed by atoms with Crippen molar-refractivity contribution in [2.45, 2.75) is 32.4 Å². The molecule has 134 valence electrons. The Kier molecular flexibility index (Phi) is 5.43. The number of amides is 1. The zero-order chi connectivity index (χ0) is 17.8. The summed E-state index contributed by atoms with van der Waals surface area (Å²) in [7, 11) is 1.74.